The van der Waals surface area contributed by atoms with Crippen LogP contribution in [0.4, 0.5) is 0 Å². The maximum atomic E-state index is 12.8. The Kier molecular flexibility index (Phi) is 3.54. The number of carbonyl (C=O) groups excluding carboxylic acids is 1. The Morgan fingerprint density at radius 2 is 1.62 bits per heavy atom. The van der Waals surface area contributed by atoms with Gasteiger partial charge < -0.3 is 4.90 Å². The maximum Gasteiger partial charge on any atom is 0.254 e. The molecule has 1 aliphatic heterocycles. The normalized spacial score (nSPS) is 14.0. The van der Waals surface area contributed by atoms with Crippen LogP contribution >= 0.6 is 0 Å². The molecule has 0 bridgehead atoms. The van der Waals surface area contributed by atoms with Crippen LogP contribution in [0.25, 0.3) is 0 Å². The fourth-order valence-electron chi connectivity index (χ4n) is 3.03. The van der Waals surface area contributed by atoms with Gasteiger partial charge in [0.2, 0.25) is 0 Å². The topological polar surface area (TPSA) is 20.3 Å². The van der Waals surface area contributed by atoms with Gasteiger partial charge >= 0.3 is 0 Å². The highest BCUT2D eigenvalue weighted by Gasteiger charge is 2.22. The summed E-state index contributed by atoms with van der Waals surface area (Å²) in [5.41, 5.74) is 6.99. The van der Waals surface area contributed by atoms with Gasteiger partial charge in [0.1, 0.15) is 0 Å². The van der Waals surface area contributed by atoms with Crippen LogP contribution < -0.4 is 0 Å². The summed E-state index contributed by atoms with van der Waals surface area (Å²) in [4.78, 5) is 14.8. The largest absolute Gasteiger partial charge is 0.334 e. The van der Waals surface area contributed by atoms with E-state index in [1.807, 2.05) is 24.0 Å². The molecule has 1 heterocycles. The van der Waals surface area contributed by atoms with E-state index in [2.05, 4.69) is 38.1 Å². The third-order valence-electron chi connectivity index (χ3n) is 4.49. The highest BCUT2D eigenvalue weighted by atomic mass is 16.2. The molecule has 2 heteroatoms. The van der Waals surface area contributed by atoms with Gasteiger partial charge in [-0.3, -0.25) is 4.79 Å². The summed E-state index contributed by atoms with van der Waals surface area (Å²) in [6.07, 6.45) is 0.950. The molecule has 108 valence electrons. The molecular weight excluding hydrogens is 258 g/mol. The molecule has 0 fully saturated rings. The van der Waals surface area contributed by atoms with E-state index >= 15 is 0 Å². The van der Waals surface area contributed by atoms with E-state index in [0.29, 0.717) is 0 Å². The summed E-state index contributed by atoms with van der Waals surface area (Å²) in [6, 6.07) is 12.6. The molecule has 1 amide bonds. The molecule has 0 radical (unpaired) electrons. The molecule has 21 heavy (non-hydrogen) atoms. The van der Waals surface area contributed by atoms with Gasteiger partial charge in [0.25, 0.3) is 5.91 Å². The van der Waals surface area contributed by atoms with Crippen LogP contribution in [-0.2, 0) is 13.0 Å². The first-order valence-electron chi connectivity index (χ1n) is 7.50. The van der Waals surface area contributed by atoms with Crippen molar-refractivity contribution in [3.05, 3.63) is 69.8 Å². The molecule has 0 aromatic heterocycles. The van der Waals surface area contributed by atoms with Gasteiger partial charge in [0.05, 0.1) is 0 Å². The lowest BCUT2D eigenvalue weighted by molar-refractivity contribution is 0.0734. The Hall–Kier alpha value is -2.09. The van der Waals surface area contributed by atoms with Crippen molar-refractivity contribution in [1.82, 2.24) is 4.90 Å². The Morgan fingerprint density at radius 1 is 0.952 bits per heavy atom. The quantitative estimate of drug-likeness (QED) is 0.777. The minimum Gasteiger partial charge on any atom is -0.334 e. The first-order valence-corrected chi connectivity index (χ1v) is 7.50. The van der Waals surface area contributed by atoms with Gasteiger partial charge in [0.15, 0.2) is 0 Å². The number of rotatable bonds is 1. The van der Waals surface area contributed by atoms with Crippen LogP contribution in [-0.4, -0.2) is 17.4 Å². The minimum absolute atomic E-state index is 0.158. The van der Waals surface area contributed by atoms with Crippen LogP contribution in [0, 0.1) is 20.8 Å². The van der Waals surface area contributed by atoms with Crippen molar-refractivity contribution >= 4 is 5.91 Å². The van der Waals surface area contributed by atoms with E-state index in [4.69, 9.17) is 0 Å². The van der Waals surface area contributed by atoms with Crippen molar-refractivity contribution in [3.8, 4) is 0 Å². The first kappa shape index (κ1) is 13.9. The number of hydrogen-bond donors (Lipinski definition) is 0. The van der Waals surface area contributed by atoms with Gasteiger partial charge in [-0.2, -0.15) is 0 Å². The molecule has 1 aliphatic rings. The molecule has 0 atom stereocenters. The third-order valence-corrected chi connectivity index (χ3v) is 4.49. The summed E-state index contributed by atoms with van der Waals surface area (Å²) in [6.45, 7) is 7.71. The van der Waals surface area contributed by atoms with Crippen LogP contribution in [0.5, 0.6) is 0 Å². The molecule has 0 unspecified atom stereocenters. The van der Waals surface area contributed by atoms with E-state index in [1.54, 1.807) is 0 Å². The van der Waals surface area contributed by atoms with Gasteiger partial charge in [0, 0.05) is 18.7 Å². The van der Waals surface area contributed by atoms with Gasteiger partial charge in [-0.15, -0.1) is 0 Å². The van der Waals surface area contributed by atoms with Gasteiger partial charge in [-0.05, 0) is 61.1 Å². The lowest BCUT2D eigenvalue weighted by Gasteiger charge is -2.29. The Morgan fingerprint density at radius 3 is 2.38 bits per heavy atom. The SMILES string of the molecule is Cc1cc(C)c(C(=O)N2CCc3ccccc3C2)cc1C. The van der Waals surface area contributed by atoms with Crippen LogP contribution in [0.3, 0.4) is 0 Å². The van der Waals surface area contributed by atoms with E-state index in [9.17, 15) is 4.79 Å². The number of hydrogen-bond acceptors (Lipinski definition) is 1. The lowest BCUT2D eigenvalue weighted by atomic mass is 9.97. The number of aryl methyl sites for hydroxylation is 3. The molecule has 3 rings (SSSR count). The summed E-state index contributed by atoms with van der Waals surface area (Å²) >= 11 is 0. The van der Waals surface area contributed by atoms with Crippen molar-refractivity contribution in [1.29, 1.82) is 0 Å². The molecule has 0 saturated carbocycles. The fourth-order valence-corrected chi connectivity index (χ4v) is 3.03. The van der Waals surface area contributed by atoms with Gasteiger partial charge in [-0.25, -0.2) is 0 Å². The Balaban J connectivity index is 1.89. The molecule has 0 aliphatic carbocycles. The van der Waals surface area contributed by atoms with Crippen LogP contribution in [0.1, 0.15) is 38.2 Å². The lowest BCUT2D eigenvalue weighted by Crippen LogP contribution is -2.36. The minimum atomic E-state index is 0.158. The third kappa shape index (κ3) is 2.58. The summed E-state index contributed by atoms with van der Waals surface area (Å²) < 4.78 is 0. The standard InChI is InChI=1S/C19H21NO/c1-13-10-15(3)18(11-14(13)2)19(21)20-9-8-16-6-4-5-7-17(16)12-20/h4-7,10-11H,8-9,12H2,1-3H3. The number of amides is 1. The van der Waals surface area contributed by atoms with E-state index < -0.39 is 0 Å². The van der Waals surface area contributed by atoms with Crippen molar-refractivity contribution in [2.24, 2.45) is 0 Å². The predicted octanol–water partition coefficient (Wildman–Crippen LogP) is 3.81. The maximum absolute atomic E-state index is 12.8. The molecular formula is C19H21NO. The average Bonchev–Trinajstić information content (AvgIpc) is 2.50. The second-order valence-electron chi connectivity index (χ2n) is 6.00. The Labute approximate surface area is 126 Å². The van der Waals surface area contributed by atoms with Crippen molar-refractivity contribution in [2.45, 2.75) is 33.7 Å². The second kappa shape index (κ2) is 5.36. The zero-order valence-corrected chi connectivity index (χ0v) is 12.9. The highest BCUT2D eigenvalue weighted by molar-refractivity contribution is 5.96. The number of benzene rings is 2. The van der Waals surface area contributed by atoms with E-state index in [1.165, 1.54) is 22.3 Å². The van der Waals surface area contributed by atoms with Crippen LogP contribution in [0.15, 0.2) is 36.4 Å². The zero-order valence-electron chi connectivity index (χ0n) is 12.9. The second-order valence-corrected chi connectivity index (χ2v) is 6.00. The molecule has 0 spiro atoms. The van der Waals surface area contributed by atoms with Gasteiger partial charge in [-0.1, -0.05) is 30.3 Å². The summed E-state index contributed by atoms with van der Waals surface area (Å²) in [5.74, 6) is 0.158. The monoisotopic (exact) mass is 279 g/mol. The van der Waals surface area contributed by atoms with E-state index in [-0.39, 0.29) is 5.91 Å². The molecule has 2 aromatic rings. The number of fused-ring (bicyclic) bond motifs is 1. The fraction of sp³-hybridized carbons (Fsp3) is 0.316. The summed E-state index contributed by atoms with van der Waals surface area (Å²) in [5, 5.41) is 0. The first-order chi connectivity index (χ1) is 10.1. The average molecular weight is 279 g/mol. The predicted molar refractivity (Wildman–Crippen MR) is 85.5 cm³/mol. The van der Waals surface area contributed by atoms with Crippen molar-refractivity contribution in [3.63, 3.8) is 0 Å². The molecule has 0 N–H and O–H groups in total. The Bertz CT molecular complexity index is 703. The molecule has 2 nitrogen and oxygen atoms in total. The number of carbonyl (C=O) groups is 1. The van der Waals surface area contributed by atoms with Crippen LogP contribution in [0.2, 0.25) is 0 Å². The van der Waals surface area contributed by atoms with Crippen molar-refractivity contribution < 1.29 is 4.79 Å². The zero-order chi connectivity index (χ0) is 15.0. The van der Waals surface area contributed by atoms with E-state index in [0.717, 1.165) is 30.6 Å². The smallest absolute Gasteiger partial charge is 0.254 e. The van der Waals surface area contributed by atoms with Crippen molar-refractivity contribution in [2.75, 3.05) is 6.54 Å². The summed E-state index contributed by atoms with van der Waals surface area (Å²) in [7, 11) is 0. The highest BCUT2D eigenvalue weighted by Crippen LogP contribution is 2.22. The molecule has 2 aromatic carbocycles. The number of nitrogens with zero attached hydrogens (tertiary/aromatic N) is 1. The molecule has 0 saturated heterocycles.